The van der Waals surface area contributed by atoms with Crippen molar-refractivity contribution < 1.29 is 0 Å². The molecule has 0 aromatic heterocycles. The van der Waals surface area contributed by atoms with Crippen LogP contribution in [0, 0.1) is 0 Å². The highest BCUT2D eigenvalue weighted by Gasteiger charge is 2.13. The number of rotatable bonds is 7. The van der Waals surface area contributed by atoms with Crippen LogP contribution in [0.3, 0.4) is 0 Å². The van der Waals surface area contributed by atoms with E-state index in [1.807, 2.05) is 30.3 Å². The fourth-order valence-electron chi connectivity index (χ4n) is 2.66. The summed E-state index contributed by atoms with van der Waals surface area (Å²) < 4.78 is 3.50. The first-order chi connectivity index (χ1) is 12.2. The van der Waals surface area contributed by atoms with Gasteiger partial charge in [0.25, 0.3) is 0 Å². The van der Waals surface area contributed by atoms with Crippen molar-refractivity contribution in [1.29, 1.82) is 0 Å². The van der Waals surface area contributed by atoms with E-state index in [9.17, 15) is 0 Å². The highest BCUT2D eigenvalue weighted by Crippen LogP contribution is 2.24. The summed E-state index contributed by atoms with van der Waals surface area (Å²) in [6.07, 6.45) is 0.946. The van der Waals surface area contributed by atoms with Crippen molar-refractivity contribution in [2.24, 2.45) is 0 Å². The average molecular weight is 388 g/mol. The Kier molecular flexibility index (Phi) is 6.83. The van der Waals surface area contributed by atoms with Gasteiger partial charge in [-0.25, -0.2) is 0 Å². The molecule has 0 heterocycles. The average Bonchev–Trinajstić information content (AvgIpc) is 2.64. The van der Waals surface area contributed by atoms with E-state index in [4.69, 9.17) is 23.2 Å². The molecule has 0 radical (unpaired) electrons. The van der Waals surface area contributed by atoms with Crippen LogP contribution >= 0.6 is 35.1 Å². The van der Waals surface area contributed by atoms with E-state index in [0.717, 1.165) is 23.0 Å². The fraction of sp³-hybridized carbons (Fsp3) is 0.143. The predicted octanol–water partition coefficient (Wildman–Crippen LogP) is 6.62. The summed E-state index contributed by atoms with van der Waals surface area (Å²) in [4.78, 5) is 1.21. The van der Waals surface area contributed by atoms with Gasteiger partial charge >= 0.3 is 0 Å². The largest absolute Gasteiger partial charge is 0.259 e. The van der Waals surface area contributed by atoms with Gasteiger partial charge in [0.05, 0.1) is 0 Å². The van der Waals surface area contributed by atoms with Gasteiger partial charge in [-0.1, -0.05) is 65.7 Å². The maximum absolute atomic E-state index is 6.04. The summed E-state index contributed by atoms with van der Waals surface area (Å²) >= 11 is 13.7. The lowest BCUT2D eigenvalue weighted by Crippen LogP contribution is -2.17. The molecule has 0 amide bonds. The van der Waals surface area contributed by atoms with Gasteiger partial charge < -0.3 is 0 Å². The third-order valence-corrected chi connectivity index (χ3v) is 5.32. The lowest BCUT2D eigenvalue weighted by Gasteiger charge is -2.18. The maximum Gasteiger partial charge on any atom is 0.0406 e. The molecule has 0 saturated carbocycles. The molecule has 4 heteroatoms. The monoisotopic (exact) mass is 387 g/mol. The van der Waals surface area contributed by atoms with Gasteiger partial charge in [-0.3, -0.25) is 4.72 Å². The van der Waals surface area contributed by atoms with Crippen molar-refractivity contribution in [2.45, 2.75) is 17.2 Å². The van der Waals surface area contributed by atoms with Crippen LogP contribution in [0.4, 0.5) is 0 Å². The molecule has 0 aliphatic heterocycles. The molecule has 0 spiro atoms. The molecule has 3 aromatic rings. The van der Waals surface area contributed by atoms with Crippen molar-refractivity contribution in [2.75, 3.05) is 6.54 Å². The second-order valence-electron chi connectivity index (χ2n) is 5.84. The molecule has 0 saturated heterocycles. The standard InChI is InChI=1S/C21H19Cl2NS/c22-19-10-6-16(7-11-19)14-18(17-8-12-20(23)13-9-17)15-24-25-21-4-2-1-3-5-21/h1-13,18,24H,14-15H2. The van der Waals surface area contributed by atoms with Crippen LogP contribution in [-0.2, 0) is 6.42 Å². The number of hydrogen-bond acceptors (Lipinski definition) is 2. The van der Waals surface area contributed by atoms with Crippen LogP contribution in [-0.4, -0.2) is 6.54 Å². The zero-order valence-electron chi connectivity index (χ0n) is 13.7. The normalized spacial score (nSPS) is 12.1. The molecule has 1 nitrogen and oxygen atoms in total. The third-order valence-electron chi connectivity index (χ3n) is 4.00. The number of nitrogens with one attached hydrogen (secondary N) is 1. The summed E-state index contributed by atoms with van der Waals surface area (Å²) in [6, 6.07) is 26.5. The Hall–Kier alpha value is -1.45. The molecule has 0 bridgehead atoms. The van der Waals surface area contributed by atoms with E-state index in [-0.39, 0.29) is 0 Å². The first-order valence-electron chi connectivity index (χ1n) is 8.15. The van der Waals surface area contributed by atoms with E-state index >= 15 is 0 Å². The third kappa shape index (κ3) is 5.79. The summed E-state index contributed by atoms with van der Waals surface area (Å²) in [5, 5.41) is 1.53. The van der Waals surface area contributed by atoms with Crippen LogP contribution < -0.4 is 4.72 Å². The number of hydrogen-bond donors (Lipinski definition) is 1. The van der Waals surface area contributed by atoms with Gasteiger partial charge in [0.1, 0.15) is 0 Å². The first kappa shape index (κ1) is 18.3. The molecular weight excluding hydrogens is 369 g/mol. The molecule has 3 rings (SSSR count). The SMILES string of the molecule is Clc1ccc(CC(CNSc2ccccc2)c2ccc(Cl)cc2)cc1. The van der Waals surface area contributed by atoms with Gasteiger partial charge in [-0.2, -0.15) is 0 Å². The molecule has 0 fully saturated rings. The molecule has 128 valence electrons. The van der Waals surface area contributed by atoms with Gasteiger partial charge in [-0.15, -0.1) is 0 Å². The molecule has 0 aliphatic rings. The van der Waals surface area contributed by atoms with E-state index < -0.39 is 0 Å². The molecular formula is C21H19Cl2NS. The Balaban J connectivity index is 1.69. The second kappa shape index (κ2) is 9.30. The van der Waals surface area contributed by atoms with Gasteiger partial charge in [0, 0.05) is 27.4 Å². The lowest BCUT2D eigenvalue weighted by atomic mass is 9.92. The van der Waals surface area contributed by atoms with Crippen molar-refractivity contribution in [3.63, 3.8) is 0 Å². The highest BCUT2D eigenvalue weighted by atomic mass is 35.5. The Morgan fingerprint density at radius 2 is 1.36 bits per heavy atom. The van der Waals surface area contributed by atoms with E-state index in [1.54, 1.807) is 11.9 Å². The van der Waals surface area contributed by atoms with Crippen molar-refractivity contribution in [3.05, 3.63) is 100 Å². The minimum absolute atomic E-state index is 0.356. The van der Waals surface area contributed by atoms with Crippen LogP contribution in [0.25, 0.3) is 0 Å². The Morgan fingerprint density at radius 3 is 2.00 bits per heavy atom. The molecule has 1 unspecified atom stereocenters. The summed E-state index contributed by atoms with van der Waals surface area (Å²) in [7, 11) is 0. The van der Waals surface area contributed by atoms with Crippen molar-refractivity contribution >= 4 is 35.1 Å². The van der Waals surface area contributed by atoms with E-state index in [1.165, 1.54) is 16.0 Å². The Morgan fingerprint density at radius 1 is 0.760 bits per heavy atom. The smallest absolute Gasteiger partial charge is 0.0406 e. The van der Waals surface area contributed by atoms with E-state index in [2.05, 4.69) is 53.3 Å². The predicted molar refractivity (Wildman–Crippen MR) is 110 cm³/mol. The molecule has 1 atom stereocenters. The Bertz CT molecular complexity index is 773. The molecule has 3 aromatic carbocycles. The topological polar surface area (TPSA) is 12.0 Å². The quantitative estimate of drug-likeness (QED) is 0.457. The summed E-state index contributed by atoms with van der Waals surface area (Å²) in [5.74, 6) is 0.356. The van der Waals surface area contributed by atoms with Gasteiger partial charge in [0.2, 0.25) is 0 Å². The first-order valence-corrected chi connectivity index (χ1v) is 9.72. The number of halogens is 2. The van der Waals surface area contributed by atoms with Crippen molar-refractivity contribution in [3.8, 4) is 0 Å². The summed E-state index contributed by atoms with van der Waals surface area (Å²) in [6.45, 7) is 0.865. The number of benzene rings is 3. The minimum Gasteiger partial charge on any atom is -0.259 e. The van der Waals surface area contributed by atoms with Crippen LogP contribution in [0.1, 0.15) is 17.0 Å². The van der Waals surface area contributed by atoms with Crippen molar-refractivity contribution in [1.82, 2.24) is 4.72 Å². The summed E-state index contributed by atoms with van der Waals surface area (Å²) in [5.41, 5.74) is 2.55. The fourth-order valence-corrected chi connectivity index (χ4v) is 3.66. The molecule has 1 N–H and O–H groups in total. The van der Waals surface area contributed by atoms with Crippen LogP contribution in [0.2, 0.25) is 10.0 Å². The maximum atomic E-state index is 6.04. The molecule has 0 aliphatic carbocycles. The minimum atomic E-state index is 0.356. The molecule has 25 heavy (non-hydrogen) atoms. The highest BCUT2D eigenvalue weighted by molar-refractivity contribution is 7.97. The van der Waals surface area contributed by atoms with Crippen LogP contribution in [0.5, 0.6) is 0 Å². The van der Waals surface area contributed by atoms with Gasteiger partial charge in [-0.05, 0) is 65.9 Å². The second-order valence-corrected chi connectivity index (χ2v) is 7.68. The van der Waals surface area contributed by atoms with Crippen LogP contribution in [0.15, 0.2) is 83.8 Å². The Labute approximate surface area is 163 Å². The zero-order valence-corrected chi connectivity index (χ0v) is 16.0. The van der Waals surface area contributed by atoms with E-state index in [0.29, 0.717) is 5.92 Å². The zero-order chi connectivity index (χ0) is 17.5. The van der Waals surface area contributed by atoms with Gasteiger partial charge in [0.15, 0.2) is 0 Å². The lowest BCUT2D eigenvalue weighted by molar-refractivity contribution is 0.671.